The van der Waals surface area contributed by atoms with Crippen LogP contribution >= 0.6 is 11.9 Å². The Labute approximate surface area is 101 Å². The van der Waals surface area contributed by atoms with Gasteiger partial charge in [0.05, 0.1) is 18.5 Å². The third kappa shape index (κ3) is 4.74. The van der Waals surface area contributed by atoms with E-state index < -0.39 is 0 Å². The lowest BCUT2D eigenvalue weighted by Gasteiger charge is -2.34. The van der Waals surface area contributed by atoms with Gasteiger partial charge in [-0.05, 0) is 29.6 Å². The highest BCUT2D eigenvalue weighted by Gasteiger charge is 2.27. The van der Waals surface area contributed by atoms with E-state index in [2.05, 4.69) is 41.5 Å². The standard InChI is InChI=1S/C13H27ClO/c1-7-13(11(5)9(2)3)12(6)10(4)8-15-14/h9-13H,7-8H2,1-6H3. The first-order chi connectivity index (χ1) is 6.95. The molecular weight excluding hydrogens is 208 g/mol. The fraction of sp³-hybridized carbons (Fsp3) is 1.00. The molecule has 1 nitrogen and oxygen atoms in total. The van der Waals surface area contributed by atoms with E-state index in [0.29, 0.717) is 18.4 Å². The summed E-state index contributed by atoms with van der Waals surface area (Å²) in [5, 5.41) is 0. The highest BCUT2D eigenvalue weighted by atomic mass is 35.5. The minimum atomic E-state index is 0.536. The van der Waals surface area contributed by atoms with Gasteiger partial charge in [0, 0.05) is 0 Å². The Morgan fingerprint density at radius 1 is 1.00 bits per heavy atom. The summed E-state index contributed by atoms with van der Waals surface area (Å²) < 4.78 is 4.73. The number of rotatable bonds is 7. The molecule has 0 N–H and O–H groups in total. The number of hydrogen-bond donors (Lipinski definition) is 0. The predicted octanol–water partition coefficient (Wildman–Crippen LogP) is 4.75. The molecule has 0 bridgehead atoms. The van der Waals surface area contributed by atoms with E-state index in [0.717, 1.165) is 17.8 Å². The minimum Gasteiger partial charge on any atom is -0.279 e. The quantitative estimate of drug-likeness (QED) is 0.618. The topological polar surface area (TPSA) is 9.23 Å². The Morgan fingerprint density at radius 3 is 1.87 bits per heavy atom. The summed E-state index contributed by atoms with van der Waals surface area (Å²) in [5.41, 5.74) is 0. The van der Waals surface area contributed by atoms with Gasteiger partial charge in [-0.25, -0.2) is 0 Å². The summed E-state index contributed by atoms with van der Waals surface area (Å²) in [6.07, 6.45) is 1.24. The van der Waals surface area contributed by atoms with Gasteiger partial charge in [0.1, 0.15) is 0 Å². The van der Waals surface area contributed by atoms with Crippen molar-refractivity contribution in [3.8, 4) is 0 Å². The molecule has 0 saturated carbocycles. The summed E-state index contributed by atoms with van der Waals surface area (Å²) in [7, 11) is 0. The molecular formula is C13H27ClO. The lowest BCUT2D eigenvalue weighted by atomic mass is 9.72. The molecule has 0 spiro atoms. The van der Waals surface area contributed by atoms with E-state index in [1.165, 1.54) is 6.42 Å². The van der Waals surface area contributed by atoms with Crippen LogP contribution in [0.4, 0.5) is 0 Å². The van der Waals surface area contributed by atoms with Gasteiger partial charge in [-0.15, -0.1) is 0 Å². The molecule has 0 radical (unpaired) electrons. The fourth-order valence-corrected chi connectivity index (χ4v) is 2.59. The van der Waals surface area contributed by atoms with Gasteiger partial charge in [0.2, 0.25) is 0 Å². The Kier molecular flexibility index (Phi) is 7.64. The lowest BCUT2D eigenvalue weighted by Crippen LogP contribution is -2.28. The number of halogens is 1. The van der Waals surface area contributed by atoms with Crippen LogP contribution in [0.5, 0.6) is 0 Å². The van der Waals surface area contributed by atoms with Crippen LogP contribution in [0, 0.1) is 29.6 Å². The normalized spacial score (nSPS) is 20.0. The van der Waals surface area contributed by atoms with Crippen LogP contribution < -0.4 is 0 Å². The molecule has 0 rings (SSSR count). The zero-order valence-electron chi connectivity index (χ0n) is 11.1. The molecule has 92 valence electrons. The van der Waals surface area contributed by atoms with Gasteiger partial charge in [-0.1, -0.05) is 48.0 Å². The van der Waals surface area contributed by atoms with E-state index in [4.69, 9.17) is 16.2 Å². The van der Waals surface area contributed by atoms with Crippen molar-refractivity contribution in [2.24, 2.45) is 29.6 Å². The molecule has 0 aliphatic carbocycles. The maximum absolute atomic E-state index is 5.33. The first kappa shape index (κ1) is 15.2. The van der Waals surface area contributed by atoms with Crippen molar-refractivity contribution < 1.29 is 4.29 Å². The van der Waals surface area contributed by atoms with E-state index in [1.807, 2.05) is 0 Å². The third-order valence-corrected chi connectivity index (χ3v) is 4.22. The van der Waals surface area contributed by atoms with E-state index in [1.54, 1.807) is 0 Å². The van der Waals surface area contributed by atoms with Crippen LogP contribution in [0.2, 0.25) is 0 Å². The molecule has 0 aromatic rings. The Balaban J connectivity index is 4.38. The zero-order valence-corrected chi connectivity index (χ0v) is 11.8. The van der Waals surface area contributed by atoms with Gasteiger partial charge < -0.3 is 0 Å². The van der Waals surface area contributed by atoms with Crippen LogP contribution in [0.1, 0.15) is 48.0 Å². The molecule has 0 aliphatic heterocycles. The molecule has 0 fully saturated rings. The van der Waals surface area contributed by atoms with Gasteiger partial charge >= 0.3 is 0 Å². The van der Waals surface area contributed by atoms with Gasteiger partial charge in [-0.3, -0.25) is 4.29 Å². The first-order valence-corrected chi connectivity index (χ1v) is 6.50. The second kappa shape index (κ2) is 7.51. The highest BCUT2D eigenvalue weighted by Crippen LogP contribution is 2.33. The Morgan fingerprint density at radius 2 is 1.53 bits per heavy atom. The SMILES string of the molecule is CCC(C(C)C(C)C)C(C)C(C)COCl. The average molecular weight is 235 g/mol. The molecule has 4 atom stereocenters. The van der Waals surface area contributed by atoms with Crippen molar-refractivity contribution in [2.75, 3.05) is 6.61 Å². The summed E-state index contributed by atoms with van der Waals surface area (Å²) in [6.45, 7) is 14.5. The van der Waals surface area contributed by atoms with Crippen molar-refractivity contribution in [1.29, 1.82) is 0 Å². The van der Waals surface area contributed by atoms with Gasteiger partial charge in [-0.2, -0.15) is 0 Å². The molecule has 0 saturated heterocycles. The van der Waals surface area contributed by atoms with Gasteiger partial charge in [0.25, 0.3) is 0 Å². The monoisotopic (exact) mass is 234 g/mol. The summed E-state index contributed by atoms with van der Waals surface area (Å²) in [5.74, 6) is 3.50. The van der Waals surface area contributed by atoms with Crippen LogP contribution in [0.15, 0.2) is 0 Å². The van der Waals surface area contributed by atoms with Crippen LogP contribution in [-0.4, -0.2) is 6.61 Å². The molecule has 0 heterocycles. The second-order valence-corrected chi connectivity index (χ2v) is 5.51. The molecule has 15 heavy (non-hydrogen) atoms. The van der Waals surface area contributed by atoms with Crippen molar-refractivity contribution in [3.05, 3.63) is 0 Å². The zero-order chi connectivity index (χ0) is 12.0. The predicted molar refractivity (Wildman–Crippen MR) is 67.9 cm³/mol. The van der Waals surface area contributed by atoms with Crippen LogP contribution in [0.25, 0.3) is 0 Å². The van der Waals surface area contributed by atoms with E-state index in [9.17, 15) is 0 Å². The Bertz CT molecular complexity index is 159. The van der Waals surface area contributed by atoms with E-state index >= 15 is 0 Å². The van der Waals surface area contributed by atoms with Crippen molar-refractivity contribution in [3.63, 3.8) is 0 Å². The molecule has 2 heteroatoms. The average Bonchev–Trinajstić information content (AvgIpc) is 2.18. The van der Waals surface area contributed by atoms with E-state index in [-0.39, 0.29) is 0 Å². The van der Waals surface area contributed by atoms with Crippen molar-refractivity contribution >= 4 is 11.9 Å². The smallest absolute Gasteiger partial charge is 0.0710 e. The van der Waals surface area contributed by atoms with Crippen molar-refractivity contribution in [2.45, 2.75) is 48.0 Å². The lowest BCUT2D eigenvalue weighted by molar-refractivity contribution is 0.124. The highest BCUT2D eigenvalue weighted by molar-refractivity contribution is 6.07. The summed E-state index contributed by atoms with van der Waals surface area (Å²) in [6, 6.07) is 0. The largest absolute Gasteiger partial charge is 0.279 e. The Hall–Kier alpha value is 0.250. The van der Waals surface area contributed by atoms with Crippen molar-refractivity contribution in [1.82, 2.24) is 0 Å². The molecule has 0 aromatic carbocycles. The fourth-order valence-electron chi connectivity index (χ4n) is 2.39. The second-order valence-electron chi connectivity index (χ2n) is 5.29. The first-order valence-electron chi connectivity index (χ1n) is 6.19. The molecule has 0 amide bonds. The maximum Gasteiger partial charge on any atom is 0.0710 e. The van der Waals surface area contributed by atoms with Gasteiger partial charge in [0.15, 0.2) is 0 Å². The molecule has 0 aliphatic rings. The minimum absolute atomic E-state index is 0.536. The molecule has 0 aromatic heterocycles. The molecule has 4 unspecified atom stereocenters. The van der Waals surface area contributed by atoms with Crippen LogP contribution in [-0.2, 0) is 4.29 Å². The van der Waals surface area contributed by atoms with Crippen LogP contribution in [0.3, 0.4) is 0 Å². The summed E-state index contributed by atoms with van der Waals surface area (Å²) in [4.78, 5) is 0. The number of hydrogen-bond acceptors (Lipinski definition) is 1. The third-order valence-electron chi connectivity index (χ3n) is 4.10. The maximum atomic E-state index is 5.33. The summed E-state index contributed by atoms with van der Waals surface area (Å²) >= 11 is 5.33.